The van der Waals surface area contributed by atoms with Crippen LogP contribution in [0.2, 0.25) is 0 Å². The van der Waals surface area contributed by atoms with Gasteiger partial charge in [-0.3, -0.25) is 5.32 Å². The Balaban J connectivity index is 2.22. The third-order valence-corrected chi connectivity index (χ3v) is 1.49. The Morgan fingerprint density at radius 3 is 3.00 bits per heavy atom. The molecule has 1 heterocycles. The molecule has 0 amide bonds. The van der Waals surface area contributed by atoms with E-state index in [2.05, 4.69) is 17.7 Å². The summed E-state index contributed by atoms with van der Waals surface area (Å²) in [4.78, 5) is 0. The molecule has 4 nitrogen and oxygen atoms in total. The summed E-state index contributed by atoms with van der Waals surface area (Å²) < 4.78 is 0. The van der Waals surface area contributed by atoms with Gasteiger partial charge in [-0.1, -0.05) is 0 Å². The quantitative estimate of drug-likeness (QED) is 0.435. The Labute approximate surface area is 54.8 Å². The summed E-state index contributed by atoms with van der Waals surface area (Å²) in [6, 6.07) is 0. The number of hydrogen-bond donors (Lipinski definition) is 3. The average Bonchev–Trinajstić information content (AvgIpc) is 2.18. The van der Waals surface area contributed by atoms with E-state index >= 15 is 0 Å². The lowest BCUT2D eigenvalue weighted by molar-refractivity contribution is 0.145. The molecule has 54 valence electrons. The van der Waals surface area contributed by atoms with Gasteiger partial charge in [0, 0.05) is 6.54 Å². The van der Waals surface area contributed by atoms with E-state index in [1.165, 1.54) is 0 Å². The fourth-order valence-corrected chi connectivity index (χ4v) is 0.922. The molecule has 0 spiro atoms. The van der Waals surface area contributed by atoms with Crippen molar-refractivity contribution >= 4 is 0 Å². The molecular weight excluding hydrogens is 118 g/mol. The normalized spacial score (nSPS) is 29.3. The van der Waals surface area contributed by atoms with E-state index in [0.29, 0.717) is 12.7 Å². The fraction of sp³-hybridized carbons (Fsp3) is 1.00. The first-order chi connectivity index (χ1) is 4.34. The molecule has 1 saturated heterocycles. The third-order valence-electron chi connectivity index (χ3n) is 1.49. The molecule has 0 bridgehead atoms. The highest BCUT2D eigenvalue weighted by Gasteiger charge is 2.16. The van der Waals surface area contributed by atoms with Gasteiger partial charge < -0.3 is 5.11 Å². The Morgan fingerprint density at radius 1 is 1.78 bits per heavy atom. The van der Waals surface area contributed by atoms with E-state index in [0.717, 1.165) is 6.67 Å². The van der Waals surface area contributed by atoms with Gasteiger partial charge >= 0.3 is 0 Å². The zero-order valence-corrected chi connectivity index (χ0v) is 5.59. The minimum Gasteiger partial charge on any atom is -0.395 e. The van der Waals surface area contributed by atoms with Gasteiger partial charge in [0.25, 0.3) is 0 Å². The van der Waals surface area contributed by atoms with E-state index in [1.54, 1.807) is 0 Å². The highest BCUT2D eigenvalue weighted by molar-refractivity contribution is 4.65. The fourth-order valence-electron chi connectivity index (χ4n) is 0.922. The van der Waals surface area contributed by atoms with Crippen LogP contribution in [0.5, 0.6) is 0 Å². The van der Waals surface area contributed by atoms with Crippen molar-refractivity contribution in [1.29, 1.82) is 0 Å². The van der Waals surface area contributed by atoms with Crippen molar-refractivity contribution in [1.82, 2.24) is 15.8 Å². The number of aliphatic hydroxyl groups excluding tert-OH is 1. The van der Waals surface area contributed by atoms with Crippen LogP contribution in [0.25, 0.3) is 0 Å². The van der Waals surface area contributed by atoms with Gasteiger partial charge in [-0.05, 0) is 6.92 Å². The van der Waals surface area contributed by atoms with Crippen molar-refractivity contribution in [3.8, 4) is 0 Å². The zero-order chi connectivity index (χ0) is 6.69. The molecule has 1 atom stereocenters. The second kappa shape index (κ2) is 3.12. The van der Waals surface area contributed by atoms with Crippen LogP contribution in [0, 0.1) is 0 Å². The molecule has 1 aliphatic rings. The first-order valence-electron chi connectivity index (χ1n) is 3.19. The summed E-state index contributed by atoms with van der Waals surface area (Å²) in [7, 11) is 0. The molecule has 0 saturated carbocycles. The Kier molecular flexibility index (Phi) is 2.41. The van der Waals surface area contributed by atoms with Gasteiger partial charge in [0.15, 0.2) is 0 Å². The summed E-state index contributed by atoms with van der Waals surface area (Å²) >= 11 is 0. The number of aliphatic hydroxyl groups is 1. The van der Waals surface area contributed by atoms with Gasteiger partial charge in [-0.15, -0.1) is 0 Å². The number of hydrogen-bond acceptors (Lipinski definition) is 4. The zero-order valence-electron chi connectivity index (χ0n) is 5.59. The monoisotopic (exact) mass is 131 g/mol. The van der Waals surface area contributed by atoms with Crippen LogP contribution in [-0.4, -0.2) is 36.1 Å². The number of nitrogens with one attached hydrogen (secondary N) is 2. The molecule has 1 fully saturated rings. The minimum absolute atomic E-state index is 0.207. The van der Waals surface area contributed by atoms with Crippen molar-refractivity contribution < 1.29 is 5.11 Å². The van der Waals surface area contributed by atoms with Crippen molar-refractivity contribution in [2.75, 3.05) is 19.8 Å². The van der Waals surface area contributed by atoms with E-state index in [1.807, 2.05) is 5.01 Å². The van der Waals surface area contributed by atoms with Gasteiger partial charge in [0.2, 0.25) is 0 Å². The van der Waals surface area contributed by atoms with E-state index in [4.69, 9.17) is 5.11 Å². The second-order valence-electron chi connectivity index (χ2n) is 2.13. The third kappa shape index (κ3) is 1.62. The first kappa shape index (κ1) is 6.95. The Bertz CT molecular complexity index is 88.3. The maximum absolute atomic E-state index is 8.54. The second-order valence-corrected chi connectivity index (χ2v) is 2.13. The number of hydrazine groups is 1. The highest BCUT2D eigenvalue weighted by Crippen LogP contribution is 1.93. The topological polar surface area (TPSA) is 47.5 Å². The van der Waals surface area contributed by atoms with Gasteiger partial charge in [-0.2, -0.15) is 0 Å². The highest BCUT2D eigenvalue weighted by atomic mass is 16.3. The number of rotatable bonds is 2. The number of β-amino-alcohol motifs (C(OH)–C–C–N with tert-alkyl or cyclic N) is 1. The predicted octanol–water partition coefficient (Wildman–Crippen LogP) is -1.31. The molecule has 1 aliphatic heterocycles. The van der Waals surface area contributed by atoms with Crippen LogP contribution < -0.4 is 10.7 Å². The molecule has 3 N–H and O–H groups in total. The summed E-state index contributed by atoms with van der Waals surface area (Å²) in [5.74, 6) is 0. The number of nitrogens with zero attached hydrogens (tertiary/aromatic N) is 1. The van der Waals surface area contributed by atoms with Crippen LogP contribution >= 0.6 is 0 Å². The molecule has 1 rings (SSSR count). The van der Waals surface area contributed by atoms with E-state index < -0.39 is 0 Å². The van der Waals surface area contributed by atoms with Crippen LogP contribution in [0.1, 0.15) is 6.92 Å². The molecule has 1 unspecified atom stereocenters. The maximum atomic E-state index is 8.54. The van der Waals surface area contributed by atoms with Crippen molar-refractivity contribution in [3.63, 3.8) is 0 Å². The molecule has 0 radical (unpaired) electrons. The van der Waals surface area contributed by atoms with Crippen LogP contribution in [0.4, 0.5) is 0 Å². The summed E-state index contributed by atoms with van der Waals surface area (Å²) in [6.45, 7) is 3.75. The Hall–Kier alpha value is -0.160. The Morgan fingerprint density at radius 2 is 2.56 bits per heavy atom. The van der Waals surface area contributed by atoms with Crippen molar-refractivity contribution in [3.05, 3.63) is 0 Å². The molecule has 0 aromatic rings. The average molecular weight is 131 g/mol. The SMILES string of the molecule is CC1NCNN1CCO. The largest absolute Gasteiger partial charge is 0.395 e. The molecule has 0 aliphatic carbocycles. The van der Waals surface area contributed by atoms with Crippen molar-refractivity contribution in [2.45, 2.75) is 13.1 Å². The summed E-state index contributed by atoms with van der Waals surface area (Å²) in [6.07, 6.45) is 0.345. The lowest BCUT2D eigenvalue weighted by Gasteiger charge is -2.17. The van der Waals surface area contributed by atoms with Crippen LogP contribution in [-0.2, 0) is 0 Å². The van der Waals surface area contributed by atoms with Gasteiger partial charge in [-0.25, -0.2) is 10.4 Å². The molecule has 0 aromatic carbocycles. The van der Waals surface area contributed by atoms with Gasteiger partial charge in [0.1, 0.15) is 0 Å². The predicted molar refractivity (Wildman–Crippen MR) is 34.4 cm³/mol. The van der Waals surface area contributed by atoms with Crippen molar-refractivity contribution in [2.24, 2.45) is 0 Å². The van der Waals surface area contributed by atoms with E-state index in [9.17, 15) is 0 Å². The molecular formula is C5H13N3O. The maximum Gasteiger partial charge on any atom is 0.0715 e. The first-order valence-corrected chi connectivity index (χ1v) is 3.19. The lowest BCUT2D eigenvalue weighted by atomic mass is 10.5. The van der Waals surface area contributed by atoms with Gasteiger partial charge in [0.05, 0.1) is 19.4 Å². The molecule has 0 aromatic heterocycles. The lowest BCUT2D eigenvalue weighted by Crippen LogP contribution is -2.39. The molecule has 9 heavy (non-hydrogen) atoms. The molecule has 4 heteroatoms. The standard InChI is InChI=1S/C5H13N3O/c1-5-6-4-7-8(5)2-3-9/h5-7,9H,2-4H2,1H3. The smallest absolute Gasteiger partial charge is 0.0715 e. The van der Waals surface area contributed by atoms with E-state index in [-0.39, 0.29) is 6.61 Å². The van der Waals surface area contributed by atoms with Crippen LogP contribution in [0.3, 0.4) is 0 Å². The minimum atomic E-state index is 0.207. The summed E-state index contributed by atoms with van der Waals surface area (Å²) in [5, 5.41) is 13.7. The summed E-state index contributed by atoms with van der Waals surface area (Å²) in [5.41, 5.74) is 3.07. The van der Waals surface area contributed by atoms with Crippen LogP contribution in [0.15, 0.2) is 0 Å².